The summed E-state index contributed by atoms with van der Waals surface area (Å²) in [6.45, 7) is 0. The van der Waals surface area contributed by atoms with Gasteiger partial charge in [0, 0.05) is 0 Å². The number of fused-ring (bicyclic) bond motifs is 4. The van der Waals surface area contributed by atoms with Crippen molar-refractivity contribution in [2.75, 3.05) is 0 Å². The minimum atomic E-state index is -1.39. The van der Waals surface area contributed by atoms with Gasteiger partial charge in [-0.2, -0.15) is 0 Å². The summed E-state index contributed by atoms with van der Waals surface area (Å²) in [5, 5.41) is 44.1. The number of hydrogen-bond acceptors (Lipinski definition) is 4. The maximum atomic E-state index is 10.2. The average Bonchev–Trinajstić information content (AvgIpc) is 2.56. The second kappa shape index (κ2) is 4.76. The van der Waals surface area contributed by atoms with Gasteiger partial charge in [0.05, 0.1) is 0 Å². The molecule has 0 bridgehead atoms. The Bertz CT molecular complexity index is 873. The fourth-order valence-corrected chi connectivity index (χ4v) is 3.34. The van der Waals surface area contributed by atoms with Crippen LogP contribution >= 0.6 is 0 Å². The Hall–Kier alpha value is -1.98. The van der Waals surface area contributed by atoms with Gasteiger partial charge in [0.2, 0.25) is 0 Å². The molecule has 0 aromatic heterocycles. The van der Waals surface area contributed by atoms with E-state index in [-0.39, 0.29) is 0 Å². The van der Waals surface area contributed by atoms with Gasteiger partial charge in [0.25, 0.3) is 0 Å². The molecule has 1 aliphatic rings. The number of benzene rings is 3. The Labute approximate surface area is 126 Å². The van der Waals surface area contributed by atoms with Gasteiger partial charge in [-0.15, -0.1) is 0 Å². The molecule has 22 heavy (non-hydrogen) atoms. The molecule has 4 heteroatoms. The highest BCUT2D eigenvalue weighted by atomic mass is 16.5. The fraction of sp³-hybridized carbons (Fsp3) is 0.222. The van der Waals surface area contributed by atoms with Crippen molar-refractivity contribution in [3.05, 3.63) is 59.7 Å². The van der Waals surface area contributed by atoms with Crippen LogP contribution in [0.5, 0.6) is 0 Å². The maximum Gasteiger partial charge on any atom is 0.113 e. The molecular weight excluding hydrogens is 284 g/mol. The van der Waals surface area contributed by atoms with Crippen molar-refractivity contribution in [1.82, 2.24) is 0 Å². The molecule has 0 spiro atoms. The average molecular weight is 300 g/mol. The van der Waals surface area contributed by atoms with Crippen LogP contribution in [0, 0.1) is 0 Å². The second-order valence-corrected chi connectivity index (χ2v) is 5.86. The largest absolute Gasteiger partial charge is 0.387 e. The first-order valence-corrected chi connectivity index (χ1v) is 7.25. The smallest absolute Gasteiger partial charge is 0.113 e. The topological polar surface area (TPSA) is 80.9 Å². The highest BCUT2D eigenvalue weighted by Crippen LogP contribution is 2.40. The van der Waals surface area contributed by atoms with Gasteiger partial charge in [0.1, 0.15) is 24.4 Å². The summed E-state index contributed by atoms with van der Waals surface area (Å²) in [7, 11) is 0. The fourth-order valence-electron chi connectivity index (χ4n) is 3.34. The number of aliphatic hydroxyl groups excluding tert-OH is 4. The Morgan fingerprint density at radius 2 is 1.18 bits per heavy atom. The Kier molecular flexibility index (Phi) is 2.96. The summed E-state index contributed by atoms with van der Waals surface area (Å²) in [6, 6.07) is 15.5. The molecule has 0 fully saturated rings. The van der Waals surface area contributed by atoms with E-state index < -0.39 is 24.4 Å². The number of rotatable bonds is 0. The van der Waals surface area contributed by atoms with Crippen molar-refractivity contribution in [3.63, 3.8) is 0 Å². The molecule has 0 saturated heterocycles. The van der Waals surface area contributed by atoms with E-state index in [0.29, 0.717) is 11.1 Å². The third kappa shape index (κ3) is 1.79. The minimum absolute atomic E-state index is 0.466. The second-order valence-electron chi connectivity index (χ2n) is 5.86. The van der Waals surface area contributed by atoms with E-state index in [1.807, 2.05) is 36.4 Å². The summed E-state index contributed by atoms with van der Waals surface area (Å²) in [6.07, 6.45) is -5.20. The molecule has 1 aliphatic carbocycles. The van der Waals surface area contributed by atoms with Gasteiger partial charge in [-0.25, -0.2) is 0 Å². The van der Waals surface area contributed by atoms with Gasteiger partial charge in [-0.05, 0) is 44.8 Å². The lowest BCUT2D eigenvalue weighted by Gasteiger charge is -2.34. The first kappa shape index (κ1) is 13.7. The lowest BCUT2D eigenvalue weighted by atomic mass is 9.99. The summed E-state index contributed by atoms with van der Waals surface area (Å²) in [5.74, 6) is 0. The molecular formula is C18H16O4. The molecule has 0 heterocycles. The molecule has 3 aromatic carbocycles. The van der Waals surface area contributed by atoms with Crippen LogP contribution in [0.15, 0.2) is 48.5 Å². The van der Waals surface area contributed by atoms with Gasteiger partial charge in [-0.3, -0.25) is 0 Å². The van der Waals surface area contributed by atoms with Gasteiger partial charge >= 0.3 is 0 Å². The zero-order valence-electron chi connectivity index (χ0n) is 11.7. The normalized spacial score (nSPS) is 28.0. The predicted octanol–water partition coefficient (Wildman–Crippen LogP) is 1.80. The van der Waals surface area contributed by atoms with E-state index in [1.165, 1.54) is 0 Å². The van der Waals surface area contributed by atoms with Gasteiger partial charge < -0.3 is 20.4 Å². The Balaban J connectivity index is 2.06. The lowest BCUT2D eigenvalue weighted by Crippen LogP contribution is -2.41. The van der Waals surface area contributed by atoms with Crippen LogP contribution in [0.2, 0.25) is 0 Å². The highest BCUT2D eigenvalue weighted by molar-refractivity contribution is 6.07. The van der Waals surface area contributed by atoms with E-state index >= 15 is 0 Å². The number of hydrogen-bond donors (Lipinski definition) is 4. The van der Waals surface area contributed by atoms with Crippen LogP contribution in [-0.4, -0.2) is 32.6 Å². The van der Waals surface area contributed by atoms with Crippen molar-refractivity contribution >= 4 is 21.5 Å². The quantitative estimate of drug-likeness (QED) is 0.377. The summed E-state index contributed by atoms with van der Waals surface area (Å²) < 4.78 is 0. The summed E-state index contributed by atoms with van der Waals surface area (Å²) in [5.41, 5.74) is 0.933. The lowest BCUT2D eigenvalue weighted by molar-refractivity contribution is -0.120. The third-order valence-electron chi connectivity index (χ3n) is 4.58. The van der Waals surface area contributed by atoms with Crippen molar-refractivity contribution in [2.45, 2.75) is 24.4 Å². The van der Waals surface area contributed by atoms with Gasteiger partial charge in [-0.1, -0.05) is 36.4 Å². The van der Waals surface area contributed by atoms with Gasteiger partial charge in [0.15, 0.2) is 0 Å². The van der Waals surface area contributed by atoms with Crippen molar-refractivity contribution in [3.8, 4) is 0 Å². The first-order valence-electron chi connectivity index (χ1n) is 7.25. The van der Waals surface area contributed by atoms with E-state index in [9.17, 15) is 20.4 Å². The zero-order valence-corrected chi connectivity index (χ0v) is 11.7. The van der Waals surface area contributed by atoms with Crippen molar-refractivity contribution in [1.29, 1.82) is 0 Å². The summed E-state index contributed by atoms with van der Waals surface area (Å²) in [4.78, 5) is 0. The molecule has 0 radical (unpaired) electrons. The molecule has 112 valence electrons. The predicted molar refractivity (Wildman–Crippen MR) is 83.4 cm³/mol. The summed E-state index contributed by atoms with van der Waals surface area (Å²) >= 11 is 0. The van der Waals surface area contributed by atoms with Crippen LogP contribution in [0.4, 0.5) is 0 Å². The standard InChI is InChI=1S/C18H16O4/c19-15-13-7-10-6-5-9-3-1-2-4-11(9)12(10)8-14(13)16(20)18(22)17(15)21/h1-8,15-22H/t15-,16-,17+,18+/m0/s1/i15+1,16+1,17+1,18+1. The van der Waals surface area contributed by atoms with Crippen molar-refractivity contribution < 1.29 is 20.4 Å². The van der Waals surface area contributed by atoms with Crippen LogP contribution < -0.4 is 0 Å². The van der Waals surface area contributed by atoms with E-state index in [1.54, 1.807) is 12.1 Å². The van der Waals surface area contributed by atoms with Crippen LogP contribution in [0.1, 0.15) is 23.3 Å². The molecule has 4 rings (SSSR count). The van der Waals surface area contributed by atoms with E-state index in [0.717, 1.165) is 21.5 Å². The number of aliphatic hydroxyl groups is 4. The zero-order chi connectivity index (χ0) is 15.4. The Morgan fingerprint density at radius 3 is 1.91 bits per heavy atom. The van der Waals surface area contributed by atoms with E-state index in [2.05, 4.69) is 0 Å². The van der Waals surface area contributed by atoms with Crippen molar-refractivity contribution in [2.24, 2.45) is 0 Å². The molecule has 4 N–H and O–H groups in total. The maximum absolute atomic E-state index is 10.2. The molecule has 4 atom stereocenters. The molecule has 4 nitrogen and oxygen atoms in total. The monoisotopic (exact) mass is 300 g/mol. The molecule has 0 amide bonds. The molecule has 0 aliphatic heterocycles. The molecule has 3 aromatic rings. The van der Waals surface area contributed by atoms with E-state index in [4.69, 9.17) is 0 Å². The van der Waals surface area contributed by atoms with Crippen LogP contribution in [-0.2, 0) is 0 Å². The highest BCUT2D eigenvalue weighted by Gasteiger charge is 2.39. The SMILES string of the molecule is O[13C@H]1[13C@H](O)[13C@@H](O)c2cc3c(ccc4ccccc43)cc2[13C@@H]1O. The minimum Gasteiger partial charge on any atom is -0.387 e. The van der Waals surface area contributed by atoms with Crippen LogP contribution in [0.25, 0.3) is 21.5 Å². The first-order chi connectivity index (χ1) is 10.6. The molecule has 0 unspecified atom stereocenters. The molecule has 0 saturated carbocycles. The third-order valence-corrected chi connectivity index (χ3v) is 4.58. The Morgan fingerprint density at radius 1 is 0.591 bits per heavy atom. The van der Waals surface area contributed by atoms with Crippen LogP contribution in [0.3, 0.4) is 0 Å².